The molecule has 0 fully saturated rings. The van der Waals surface area contributed by atoms with E-state index >= 15 is 0 Å². The minimum absolute atomic E-state index is 0.0552. The van der Waals surface area contributed by atoms with Gasteiger partial charge in [0, 0.05) is 0 Å². The van der Waals surface area contributed by atoms with Gasteiger partial charge in [-0.25, -0.2) is 4.57 Å². The standard InChI is InChI=1S/C16H12N2O3S/c1-21-13-9-5-3-7-11(13)15(20)18-14(19)10-6-2-4-8-12(10)17-16(18)22/h2-9H,1H3,(H,17,22). The van der Waals surface area contributed by atoms with Crippen LogP contribution in [0.3, 0.4) is 0 Å². The van der Waals surface area contributed by atoms with Gasteiger partial charge in [0.05, 0.1) is 23.6 Å². The first-order valence-electron chi connectivity index (χ1n) is 6.55. The fourth-order valence-corrected chi connectivity index (χ4v) is 2.56. The molecule has 0 saturated heterocycles. The Morgan fingerprint density at radius 3 is 2.59 bits per heavy atom. The van der Waals surface area contributed by atoms with Crippen molar-refractivity contribution < 1.29 is 9.53 Å². The summed E-state index contributed by atoms with van der Waals surface area (Å²) in [5.41, 5.74) is 0.429. The molecule has 3 rings (SSSR count). The molecule has 0 aliphatic carbocycles. The fourth-order valence-electron chi connectivity index (χ4n) is 2.29. The third-order valence-corrected chi connectivity index (χ3v) is 3.63. The van der Waals surface area contributed by atoms with Crippen molar-refractivity contribution in [2.24, 2.45) is 0 Å². The van der Waals surface area contributed by atoms with Crippen molar-refractivity contribution in [1.82, 2.24) is 9.55 Å². The van der Waals surface area contributed by atoms with Crippen molar-refractivity contribution in [1.29, 1.82) is 0 Å². The first-order chi connectivity index (χ1) is 10.6. The lowest BCUT2D eigenvalue weighted by atomic mass is 10.2. The number of carbonyl (C=O) groups excluding carboxylic acids is 1. The van der Waals surface area contributed by atoms with Crippen molar-refractivity contribution in [3.63, 3.8) is 0 Å². The van der Waals surface area contributed by atoms with E-state index in [1.54, 1.807) is 48.5 Å². The van der Waals surface area contributed by atoms with Crippen LogP contribution in [0.15, 0.2) is 53.3 Å². The van der Waals surface area contributed by atoms with Gasteiger partial charge < -0.3 is 9.72 Å². The van der Waals surface area contributed by atoms with Crippen molar-refractivity contribution in [3.05, 3.63) is 69.2 Å². The molecule has 3 aromatic rings. The summed E-state index contributed by atoms with van der Waals surface area (Å²) >= 11 is 5.17. The number of benzene rings is 2. The van der Waals surface area contributed by atoms with Crippen LogP contribution in [0.2, 0.25) is 0 Å². The van der Waals surface area contributed by atoms with Crippen LogP contribution in [0, 0.1) is 4.77 Å². The summed E-state index contributed by atoms with van der Waals surface area (Å²) in [5.74, 6) is -0.128. The Hall–Kier alpha value is -2.73. The Morgan fingerprint density at radius 2 is 1.82 bits per heavy atom. The number of hydrogen-bond acceptors (Lipinski definition) is 4. The smallest absolute Gasteiger partial charge is 0.270 e. The summed E-state index contributed by atoms with van der Waals surface area (Å²) in [7, 11) is 1.47. The van der Waals surface area contributed by atoms with Crippen LogP contribution in [-0.4, -0.2) is 22.6 Å². The first-order valence-corrected chi connectivity index (χ1v) is 6.96. The molecule has 2 aromatic carbocycles. The van der Waals surface area contributed by atoms with E-state index in [9.17, 15) is 9.59 Å². The third kappa shape index (κ3) is 2.23. The van der Waals surface area contributed by atoms with E-state index in [1.165, 1.54) is 7.11 Å². The molecule has 1 aromatic heterocycles. The monoisotopic (exact) mass is 312 g/mol. The highest BCUT2D eigenvalue weighted by atomic mass is 32.1. The lowest BCUT2D eigenvalue weighted by molar-refractivity contribution is 0.0950. The molecule has 6 heteroatoms. The van der Waals surface area contributed by atoms with E-state index in [-0.39, 0.29) is 10.3 Å². The number of H-pyrrole nitrogens is 1. The van der Waals surface area contributed by atoms with Gasteiger partial charge in [-0.3, -0.25) is 9.59 Å². The van der Waals surface area contributed by atoms with Gasteiger partial charge in [-0.2, -0.15) is 0 Å². The van der Waals surface area contributed by atoms with Gasteiger partial charge in [0.15, 0.2) is 4.77 Å². The summed E-state index contributed by atoms with van der Waals surface area (Å²) in [6.45, 7) is 0. The second kappa shape index (κ2) is 5.57. The maximum Gasteiger partial charge on any atom is 0.270 e. The van der Waals surface area contributed by atoms with E-state index in [1.807, 2.05) is 0 Å². The van der Waals surface area contributed by atoms with Crippen molar-refractivity contribution >= 4 is 29.0 Å². The second-order valence-electron chi connectivity index (χ2n) is 4.62. The Bertz CT molecular complexity index is 988. The largest absolute Gasteiger partial charge is 0.496 e. The molecular weight excluding hydrogens is 300 g/mol. The number of aromatic amines is 1. The van der Waals surface area contributed by atoms with Gasteiger partial charge in [0.1, 0.15) is 5.75 Å². The lowest BCUT2D eigenvalue weighted by Crippen LogP contribution is -2.29. The number of ether oxygens (including phenoxy) is 1. The highest BCUT2D eigenvalue weighted by Gasteiger charge is 2.17. The van der Waals surface area contributed by atoms with E-state index < -0.39 is 11.5 Å². The molecule has 1 N–H and O–H groups in total. The molecule has 110 valence electrons. The van der Waals surface area contributed by atoms with E-state index in [0.717, 1.165) is 4.57 Å². The molecule has 0 aliphatic rings. The van der Waals surface area contributed by atoms with Gasteiger partial charge in [-0.05, 0) is 36.5 Å². The summed E-state index contributed by atoms with van der Waals surface area (Å²) in [6.07, 6.45) is 0. The third-order valence-electron chi connectivity index (χ3n) is 3.35. The van der Waals surface area contributed by atoms with Gasteiger partial charge in [-0.15, -0.1) is 0 Å². The van der Waals surface area contributed by atoms with Crippen molar-refractivity contribution in [2.75, 3.05) is 7.11 Å². The molecule has 0 bridgehead atoms. The number of carbonyl (C=O) groups is 1. The topological polar surface area (TPSA) is 64.1 Å². The fraction of sp³-hybridized carbons (Fsp3) is 0.0625. The molecule has 22 heavy (non-hydrogen) atoms. The molecular formula is C16H12N2O3S. The Balaban J connectivity index is 2.29. The summed E-state index contributed by atoms with van der Waals surface area (Å²) < 4.78 is 6.18. The lowest BCUT2D eigenvalue weighted by Gasteiger charge is -2.10. The second-order valence-corrected chi connectivity index (χ2v) is 5.01. The van der Waals surface area contributed by atoms with E-state index in [4.69, 9.17) is 17.0 Å². The Labute approximate surface area is 130 Å². The average molecular weight is 312 g/mol. The number of methoxy groups -OCH3 is 1. The number of rotatable bonds is 2. The van der Waals surface area contributed by atoms with Crippen LogP contribution in [-0.2, 0) is 0 Å². The van der Waals surface area contributed by atoms with Gasteiger partial charge >= 0.3 is 0 Å². The quantitative estimate of drug-likeness (QED) is 0.739. The van der Waals surface area contributed by atoms with Crippen molar-refractivity contribution in [3.8, 4) is 5.75 Å². The molecule has 5 nitrogen and oxygen atoms in total. The number of fused-ring (bicyclic) bond motifs is 1. The summed E-state index contributed by atoms with van der Waals surface area (Å²) in [5, 5.41) is 0.402. The number of aromatic nitrogens is 2. The minimum atomic E-state index is -0.519. The molecule has 0 amide bonds. The summed E-state index contributed by atoms with van der Waals surface area (Å²) in [6, 6.07) is 13.6. The van der Waals surface area contributed by atoms with Crippen LogP contribution in [0.25, 0.3) is 10.9 Å². The first kappa shape index (κ1) is 14.2. The summed E-state index contributed by atoms with van der Waals surface area (Å²) in [4.78, 5) is 28.2. The van der Waals surface area contributed by atoms with Crippen LogP contribution in [0.5, 0.6) is 5.75 Å². The maximum absolute atomic E-state index is 12.7. The van der Waals surface area contributed by atoms with Crippen molar-refractivity contribution in [2.45, 2.75) is 0 Å². The predicted molar refractivity (Wildman–Crippen MR) is 86.1 cm³/mol. The zero-order chi connectivity index (χ0) is 15.7. The van der Waals surface area contributed by atoms with Crippen LogP contribution < -0.4 is 10.3 Å². The maximum atomic E-state index is 12.7. The zero-order valence-electron chi connectivity index (χ0n) is 11.7. The Kier molecular flexibility index (Phi) is 3.60. The highest BCUT2D eigenvalue weighted by molar-refractivity contribution is 7.71. The minimum Gasteiger partial charge on any atom is -0.496 e. The van der Waals surface area contributed by atoms with Crippen LogP contribution in [0.1, 0.15) is 10.4 Å². The van der Waals surface area contributed by atoms with Gasteiger partial charge in [0.25, 0.3) is 11.5 Å². The average Bonchev–Trinajstić information content (AvgIpc) is 2.54. The molecule has 0 aliphatic heterocycles. The number of nitrogens with one attached hydrogen (secondary N) is 1. The number of hydrogen-bond donors (Lipinski definition) is 1. The van der Waals surface area contributed by atoms with Crippen LogP contribution in [0.4, 0.5) is 0 Å². The van der Waals surface area contributed by atoms with Gasteiger partial charge in [-0.1, -0.05) is 24.3 Å². The Morgan fingerprint density at radius 1 is 1.14 bits per heavy atom. The molecule has 0 atom stereocenters. The number of nitrogens with zero attached hydrogens (tertiary/aromatic N) is 1. The van der Waals surface area contributed by atoms with E-state index in [0.29, 0.717) is 16.7 Å². The molecule has 1 heterocycles. The predicted octanol–water partition coefficient (Wildman–Crippen LogP) is 2.76. The molecule has 0 spiro atoms. The molecule has 0 saturated carbocycles. The number of para-hydroxylation sites is 2. The van der Waals surface area contributed by atoms with Gasteiger partial charge in [0.2, 0.25) is 0 Å². The normalized spacial score (nSPS) is 10.6. The van der Waals surface area contributed by atoms with Crippen LogP contribution >= 0.6 is 12.2 Å². The SMILES string of the molecule is COc1ccccc1C(=O)n1c(=S)[nH]c2ccccc2c1=O. The molecule has 0 unspecified atom stereocenters. The highest BCUT2D eigenvalue weighted by Crippen LogP contribution is 2.18. The molecule has 0 radical (unpaired) electrons. The zero-order valence-corrected chi connectivity index (χ0v) is 12.5. The van der Waals surface area contributed by atoms with E-state index in [2.05, 4.69) is 4.98 Å².